The van der Waals surface area contributed by atoms with Crippen molar-refractivity contribution in [3.8, 4) is 0 Å². The van der Waals surface area contributed by atoms with E-state index in [1.54, 1.807) is 0 Å². The van der Waals surface area contributed by atoms with Gasteiger partial charge in [-0.05, 0) is 0 Å². The number of hydrogen-bond acceptors (Lipinski definition) is 2. The van der Waals surface area contributed by atoms with E-state index in [1.807, 2.05) is 6.92 Å². The molecule has 0 N–H and O–H groups in total. The number of carbonyl (C=O) groups excluding carboxylic acids is 1. The van der Waals surface area contributed by atoms with Crippen molar-refractivity contribution in [2.75, 3.05) is 6.61 Å². The SMILES string of the molecule is CCCCCCC/C(=[C](/C(=O)OCC)[Sn]([CH2]CCC)([CH2]CCC)[CH2]CCC)c1ccccc1. The number of hydrogen-bond donors (Lipinski definition) is 0. The molecular weight excluding hydrogens is 511 g/mol. The van der Waals surface area contributed by atoms with Crippen LogP contribution in [0.25, 0.3) is 5.57 Å². The van der Waals surface area contributed by atoms with Crippen LogP contribution in [0.2, 0.25) is 13.3 Å². The normalized spacial score (nSPS) is 12.5. The minimum atomic E-state index is -2.99. The second-order valence-corrected chi connectivity index (χ2v) is 22.7. The predicted molar refractivity (Wildman–Crippen MR) is 148 cm³/mol. The Hall–Kier alpha value is -0.771. The molecule has 0 spiro atoms. The zero-order valence-corrected chi connectivity index (χ0v) is 25.4. The summed E-state index contributed by atoms with van der Waals surface area (Å²) >= 11 is -2.99. The van der Waals surface area contributed by atoms with Crippen LogP contribution in [0.15, 0.2) is 33.9 Å². The van der Waals surface area contributed by atoms with Gasteiger partial charge in [-0.25, -0.2) is 0 Å². The molecule has 2 nitrogen and oxygen atoms in total. The number of esters is 1. The summed E-state index contributed by atoms with van der Waals surface area (Å²) in [4.78, 5) is 13.8. The van der Waals surface area contributed by atoms with Crippen molar-refractivity contribution < 1.29 is 9.53 Å². The van der Waals surface area contributed by atoms with Gasteiger partial charge in [-0.15, -0.1) is 0 Å². The van der Waals surface area contributed by atoms with E-state index in [0.29, 0.717) is 6.61 Å². The molecule has 0 aliphatic heterocycles. The Balaban J connectivity index is 3.66. The van der Waals surface area contributed by atoms with E-state index in [-0.39, 0.29) is 5.97 Å². The molecule has 0 aromatic heterocycles. The summed E-state index contributed by atoms with van der Waals surface area (Å²) in [5.41, 5.74) is 2.62. The van der Waals surface area contributed by atoms with E-state index in [0.717, 1.165) is 6.42 Å². The van der Waals surface area contributed by atoms with Crippen molar-refractivity contribution in [1.82, 2.24) is 0 Å². The van der Waals surface area contributed by atoms with Gasteiger partial charge in [0.15, 0.2) is 0 Å². The molecule has 0 heterocycles. The Labute approximate surface area is 209 Å². The number of ether oxygens (including phenoxy) is 1. The maximum atomic E-state index is 13.8. The van der Waals surface area contributed by atoms with Crippen molar-refractivity contribution in [1.29, 1.82) is 0 Å². The fourth-order valence-corrected chi connectivity index (χ4v) is 22.3. The van der Waals surface area contributed by atoms with Gasteiger partial charge >= 0.3 is 211 Å². The molecule has 0 radical (unpaired) electrons. The Bertz CT molecular complexity index is 643. The number of benzene rings is 1. The van der Waals surface area contributed by atoms with Gasteiger partial charge in [-0.1, -0.05) is 0 Å². The Morgan fingerprint density at radius 1 is 0.697 bits per heavy atom. The summed E-state index contributed by atoms with van der Waals surface area (Å²) in [7, 11) is 0. The number of allylic oxidation sites excluding steroid dienone is 1. The molecule has 0 amide bonds. The Morgan fingerprint density at radius 2 is 1.21 bits per heavy atom. The van der Waals surface area contributed by atoms with Crippen molar-refractivity contribution >= 4 is 29.9 Å². The topological polar surface area (TPSA) is 26.3 Å². The summed E-state index contributed by atoms with van der Waals surface area (Å²) in [5.74, 6) is 0.0315. The van der Waals surface area contributed by atoms with Crippen molar-refractivity contribution in [2.45, 2.75) is 125 Å². The summed E-state index contributed by atoms with van der Waals surface area (Å²) in [5, 5.41) is 0. The van der Waals surface area contributed by atoms with Gasteiger partial charge in [0.25, 0.3) is 0 Å². The molecule has 0 saturated heterocycles. The first-order valence-corrected chi connectivity index (χ1v) is 21.5. The average Bonchev–Trinajstić information content (AvgIpc) is 2.84. The fourth-order valence-electron chi connectivity index (χ4n) is 5.12. The van der Waals surface area contributed by atoms with Crippen LogP contribution in [0.3, 0.4) is 0 Å². The molecule has 0 atom stereocenters. The molecule has 0 unspecified atom stereocenters. The summed E-state index contributed by atoms with van der Waals surface area (Å²) in [6.07, 6.45) is 14.7. The maximum absolute atomic E-state index is 13.8. The van der Waals surface area contributed by atoms with Crippen LogP contribution in [0, 0.1) is 0 Å². The third-order valence-electron chi connectivity index (χ3n) is 6.99. The Morgan fingerprint density at radius 3 is 1.70 bits per heavy atom. The summed E-state index contributed by atoms with van der Waals surface area (Å²) in [6, 6.07) is 10.8. The fraction of sp³-hybridized carbons (Fsp3) is 0.700. The van der Waals surface area contributed by atoms with Crippen molar-refractivity contribution in [3.05, 3.63) is 39.5 Å². The molecule has 33 heavy (non-hydrogen) atoms. The molecule has 0 aliphatic carbocycles. The first-order chi connectivity index (χ1) is 16.1. The van der Waals surface area contributed by atoms with Crippen molar-refractivity contribution in [3.63, 3.8) is 0 Å². The van der Waals surface area contributed by atoms with Crippen LogP contribution in [0.1, 0.15) is 117 Å². The number of unbranched alkanes of at least 4 members (excludes halogenated alkanes) is 7. The average molecular weight is 563 g/mol. The van der Waals surface area contributed by atoms with E-state index in [4.69, 9.17) is 4.74 Å². The van der Waals surface area contributed by atoms with Gasteiger partial charge in [0.05, 0.1) is 0 Å². The van der Waals surface area contributed by atoms with E-state index < -0.39 is 18.4 Å². The predicted octanol–water partition coefficient (Wildman–Crippen LogP) is 9.75. The third-order valence-corrected chi connectivity index (χ3v) is 22.7. The molecule has 0 bridgehead atoms. The second kappa shape index (κ2) is 18.5. The van der Waals surface area contributed by atoms with Gasteiger partial charge in [-0.3, -0.25) is 0 Å². The summed E-state index contributed by atoms with van der Waals surface area (Å²) < 4.78 is 11.0. The minimum absolute atomic E-state index is 0.0315. The van der Waals surface area contributed by atoms with Crippen LogP contribution in [-0.4, -0.2) is 31.0 Å². The van der Waals surface area contributed by atoms with Crippen LogP contribution in [0.5, 0.6) is 0 Å². The van der Waals surface area contributed by atoms with Crippen LogP contribution >= 0.6 is 0 Å². The molecule has 0 fully saturated rings. The van der Waals surface area contributed by atoms with E-state index in [2.05, 4.69) is 58.0 Å². The van der Waals surface area contributed by atoms with E-state index in [9.17, 15) is 4.79 Å². The molecule has 1 rings (SSSR count). The van der Waals surface area contributed by atoms with E-state index >= 15 is 0 Å². The molecule has 0 aliphatic rings. The zero-order valence-electron chi connectivity index (χ0n) is 22.5. The molecule has 1 aromatic rings. The van der Waals surface area contributed by atoms with Gasteiger partial charge in [-0.2, -0.15) is 0 Å². The quantitative estimate of drug-likeness (QED) is 0.0725. The van der Waals surface area contributed by atoms with Crippen LogP contribution in [-0.2, 0) is 9.53 Å². The van der Waals surface area contributed by atoms with Gasteiger partial charge < -0.3 is 0 Å². The first-order valence-electron chi connectivity index (χ1n) is 14.1. The monoisotopic (exact) mass is 564 g/mol. The van der Waals surface area contributed by atoms with Gasteiger partial charge in [0.1, 0.15) is 0 Å². The van der Waals surface area contributed by atoms with Gasteiger partial charge in [0.2, 0.25) is 0 Å². The molecule has 0 saturated carbocycles. The van der Waals surface area contributed by atoms with Crippen molar-refractivity contribution in [2.24, 2.45) is 0 Å². The molecule has 188 valence electrons. The first kappa shape index (κ1) is 30.3. The van der Waals surface area contributed by atoms with Crippen LogP contribution in [0.4, 0.5) is 0 Å². The summed E-state index contributed by atoms with van der Waals surface area (Å²) in [6.45, 7) is 11.6. The molecule has 1 aromatic carbocycles. The second-order valence-electron chi connectivity index (χ2n) is 9.70. The number of rotatable bonds is 19. The van der Waals surface area contributed by atoms with E-state index in [1.165, 1.54) is 98.7 Å². The van der Waals surface area contributed by atoms with Gasteiger partial charge in [0, 0.05) is 0 Å². The molecule has 3 heteroatoms. The number of carbonyl (C=O) groups is 1. The van der Waals surface area contributed by atoms with Crippen LogP contribution < -0.4 is 0 Å². The zero-order chi connectivity index (χ0) is 24.4. The Kier molecular flexibility index (Phi) is 17.0. The third kappa shape index (κ3) is 10.6. The standard InChI is InChI=1S/C18H25O2.3C4H9.Sn/c1-3-5-6-7-9-14-17(15-18(19)20-4-2)16-12-10-8-11-13-16;3*1-3-4-2;/h8,10-13H,3-7,9,14H2,1-2H3;3*1,3-4H2,2H3;. The molecular formula is C30H52O2Sn.